The summed E-state index contributed by atoms with van der Waals surface area (Å²) in [4.78, 5) is 0.731. The number of nitrogens with zero attached hydrogens (tertiary/aromatic N) is 2. The molecule has 0 aliphatic rings. The molecular weight excluding hydrogens is 424 g/mol. The monoisotopic (exact) mass is 432 g/mol. The van der Waals surface area contributed by atoms with Gasteiger partial charge in [0.1, 0.15) is 4.88 Å². The van der Waals surface area contributed by atoms with E-state index in [2.05, 4.69) is 15.9 Å². The summed E-state index contributed by atoms with van der Waals surface area (Å²) in [5, 5.41) is 28.5. The first kappa shape index (κ1) is 16.3. The van der Waals surface area contributed by atoms with Crippen LogP contribution in [0, 0.1) is 10.4 Å². The Labute approximate surface area is 160 Å². The van der Waals surface area contributed by atoms with Gasteiger partial charge < -0.3 is 10.4 Å². The molecule has 0 saturated carbocycles. The van der Waals surface area contributed by atoms with Crippen molar-refractivity contribution < 1.29 is 9.46 Å². The van der Waals surface area contributed by atoms with Gasteiger partial charge in [0.2, 0.25) is 0 Å². The fraction of sp³-hybridized carbons (Fsp3) is 0. The molecule has 0 amide bonds. The van der Waals surface area contributed by atoms with Gasteiger partial charge in [-0.15, -0.1) is 11.3 Å². The fourth-order valence-corrected chi connectivity index (χ4v) is 3.94. The van der Waals surface area contributed by atoms with Crippen LogP contribution in [0.1, 0.15) is 0 Å². The highest BCUT2D eigenvalue weighted by atomic mass is 79.9. The third-order valence-electron chi connectivity index (χ3n) is 3.88. The highest BCUT2D eigenvalue weighted by Crippen LogP contribution is 2.32. The van der Waals surface area contributed by atoms with E-state index >= 15 is 0 Å². The molecule has 4 nitrogen and oxygen atoms in total. The van der Waals surface area contributed by atoms with Crippen molar-refractivity contribution in [2.24, 2.45) is 0 Å². The number of hydrogen-bond acceptors (Lipinski definition) is 3. The number of aromatic nitrogens is 2. The lowest BCUT2D eigenvalue weighted by molar-refractivity contribution is -0.612. The minimum atomic E-state index is 0.237. The molecule has 4 aromatic rings. The minimum Gasteiger partial charge on any atom is -0.617 e. The molecule has 4 rings (SSSR count). The molecule has 0 saturated heterocycles. The van der Waals surface area contributed by atoms with E-state index in [1.807, 2.05) is 29.6 Å². The molecule has 0 radical (unpaired) electrons. The number of thiophene rings is 1. The van der Waals surface area contributed by atoms with E-state index in [4.69, 9.17) is 11.6 Å². The van der Waals surface area contributed by atoms with Crippen LogP contribution in [0.15, 0.2) is 64.5 Å². The van der Waals surface area contributed by atoms with Crippen molar-refractivity contribution >= 4 is 49.9 Å². The van der Waals surface area contributed by atoms with Crippen LogP contribution in [0.25, 0.3) is 32.9 Å². The van der Waals surface area contributed by atoms with Gasteiger partial charge in [0.15, 0.2) is 0 Å². The van der Waals surface area contributed by atoms with Gasteiger partial charge in [-0.1, -0.05) is 33.6 Å². The summed E-state index contributed by atoms with van der Waals surface area (Å²) < 4.78 is 2.49. The van der Waals surface area contributed by atoms with E-state index in [1.165, 1.54) is 17.4 Å². The maximum Gasteiger partial charge on any atom is 0.308 e. The molecule has 0 N–H and O–H groups in total. The molecule has 2 aromatic carbocycles. The van der Waals surface area contributed by atoms with Crippen molar-refractivity contribution in [1.82, 2.24) is 0 Å². The van der Waals surface area contributed by atoms with Crippen LogP contribution in [0.4, 0.5) is 0 Å². The van der Waals surface area contributed by atoms with Crippen LogP contribution in [-0.2, 0) is 0 Å². The Bertz CT molecular complexity index is 1080. The number of fused-ring (bicyclic) bond motifs is 1. The smallest absolute Gasteiger partial charge is 0.308 e. The molecule has 124 valence electrons. The normalized spacial score (nSPS) is 11.1. The first-order chi connectivity index (χ1) is 12.1. The highest BCUT2D eigenvalue weighted by Gasteiger charge is 2.31. The van der Waals surface area contributed by atoms with Gasteiger partial charge in [-0.25, -0.2) is 0 Å². The zero-order valence-electron chi connectivity index (χ0n) is 12.6. The van der Waals surface area contributed by atoms with Crippen LogP contribution in [-0.4, -0.2) is 0 Å². The van der Waals surface area contributed by atoms with E-state index in [9.17, 15) is 10.4 Å². The molecule has 0 bridgehead atoms. The van der Waals surface area contributed by atoms with Crippen LogP contribution >= 0.6 is 38.9 Å². The number of benzene rings is 2. The van der Waals surface area contributed by atoms with Crippen molar-refractivity contribution in [3.05, 3.63) is 79.9 Å². The average molecular weight is 434 g/mol. The quantitative estimate of drug-likeness (QED) is 0.333. The molecule has 0 aliphatic carbocycles. The van der Waals surface area contributed by atoms with Gasteiger partial charge >= 0.3 is 5.69 Å². The Hall–Kier alpha value is -2.15. The van der Waals surface area contributed by atoms with Gasteiger partial charge in [0.25, 0.3) is 16.7 Å². The molecule has 25 heavy (non-hydrogen) atoms. The Kier molecular flexibility index (Phi) is 4.11. The van der Waals surface area contributed by atoms with Crippen LogP contribution in [0.3, 0.4) is 0 Å². The predicted molar refractivity (Wildman–Crippen MR) is 103 cm³/mol. The minimum absolute atomic E-state index is 0.237. The second-order valence-electron chi connectivity index (χ2n) is 5.40. The van der Waals surface area contributed by atoms with Crippen LogP contribution in [0.5, 0.6) is 0 Å². The lowest BCUT2D eigenvalue weighted by Crippen LogP contribution is -2.42. The summed E-state index contributed by atoms with van der Waals surface area (Å²) in [7, 11) is 0. The number of rotatable bonds is 2. The second kappa shape index (κ2) is 6.29. The first-order valence-corrected chi connectivity index (χ1v) is 9.39. The zero-order chi connectivity index (χ0) is 17.6. The van der Waals surface area contributed by atoms with E-state index in [0.29, 0.717) is 22.0 Å². The molecule has 2 aromatic heterocycles. The van der Waals surface area contributed by atoms with Crippen molar-refractivity contribution in [2.75, 3.05) is 0 Å². The van der Waals surface area contributed by atoms with E-state index in [-0.39, 0.29) is 11.0 Å². The molecule has 0 aliphatic heterocycles. The van der Waals surface area contributed by atoms with Crippen molar-refractivity contribution in [3.8, 4) is 21.8 Å². The highest BCUT2D eigenvalue weighted by molar-refractivity contribution is 9.10. The topological polar surface area (TPSA) is 53.9 Å². The van der Waals surface area contributed by atoms with Crippen LogP contribution < -0.4 is 9.46 Å². The lowest BCUT2D eigenvalue weighted by atomic mass is 10.1. The SMILES string of the molecule is [O-][n+]1c(-c2ccc(Br)cc2)c(-c2cccs2)[n+]([O-])c2ccc(Cl)cc21. The van der Waals surface area contributed by atoms with Gasteiger partial charge in [-0.05, 0) is 41.8 Å². The van der Waals surface area contributed by atoms with Gasteiger partial charge in [-0.3, -0.25) is 0 Å². The largest absolute Gasteiger partial charge is 0.617 e. The van der Waals surface area contributed by atoms with Gasteiger partial charge in [0, 0.05) is 21.6 Å². The molecular formula is C18H10BrClN2O2S. The lowest BCUT2D eigenvalue weighted by Gasteiger charge is -2.13. The summed E-state index contributed by atoms with van der Waals surface area (Å²) in [5.74, 6) is 0. The first-order valence-electron chi connectivity index (χ1n) is 7.34. The Balaban J connectivity index is 2.16. The van der Waals surface area contributed by atoms with Crippen molar-refractivity contribution in [1.29, 1.82) is 0 Å². The molecule has 7 heteroatoms. The summed E-state index contributed by atoms with van der Waals surface area (Å²) in [6.45, 7) is 0. The maximum atomic E-state index is 13.1. The van der Waals surface area contributed by atoms with Gasteiger partial charge in [-0.2, -0.15) is 9.46 Å². The summed E-state index contributed by atoms with van der Waals surface area (Å²) in [6.07, 6.45) is 0. The van der Waals surface area contributed by atoms with E-state index < -0.39 is 0 Å². The third kappa shape index (κ3) is 2.76. The molecule has 0 fully saturated rings. The summed E-state index contributed by atoms with van der Waals surface area (Å²) in [5.41, 5.74) is 1.82. The third-order valence-corrected chi connectivity index (χ3v) is 5.52. The van der Waals surface area contributed by atoms with Crippen molar-refractivity contribution in [2.45, 2.75) is 0 Å². The molecule has 0 spiro atoms. The maximum absolute atomic E-state index is 13.1. The number of halogens is 2. The predicted octanol–water partition coefficient (Wildman–Crippen LogP) is 4.92. The molecule has 2 heterocycles. The fourth-order valence-electron chi connectivity index (χ4n) is 2.76. The standard InChI is InChI=1S/C18H10BrClN2O2S/c19-12-5-3-11(4-6-12)17-18(16-2-1-9-25-16)21(23)14-8-7-13(20)10-15(14)22(17)24/h1-10H. The molecule has 0 unspecified atom stereocenters. The Morgan fingerprint density at radius 2 is 1.60 bits per heavy atom. The van der Waals surface area contributed by atoms with E-state index in [0.717, 1.165) is 18.8 Å². The zero-order valence-corrected chi connectivity index (χ0v) is 15.8. The summed E-state index contributed by atoms with van der Waals surface area (Å²) >= 11 is 10.8. The molecule has 0 atom stereocenters. The van der Waals surface area contributed by atoms with Crippen molar-refractivity contribution in [3.63, 3.8) is 0 Å². The van der Waals surface area contributed by atoms with Gasteiger partial charge in [0.05, 0.1) is 5.56 Å². The Morgan fingerprint density at radius 3 is 2.28 bits per heavy atom. The average Bonchev–Trinajstić information content (AvgIpc) is 3.13. The van der Waals surface area contributed by atoms with Crippen LogP contribution in [0.2, 0.25) is 5.02 Å². The Morgan fingerprint density at radius 1 is 0.880 bits per heavy atom. The number of hydrogen-bond donors (Lipinski definition) is 0. The summed E-state index contributed by atoms with van der Waals surface area (Å²) in [6, 6.07) is 15.7. The van der Waals surface area contributed by atoms with E-state index in [1.54, 1.807) is 24.3 Å². The second-order valence-corrected chi connectivity index (χ2v) is 7.70.